The zero-order chi connectivity index (χ0) is 78.4. The highest BCUT2D eigenvalue weighted by Crippen LogP contribution is 2.40. The van der Waals surface area contributed by atoms with Crippen molar-refractivity contribution in [3.05, 3.63) is 82.4 Å². The smallest absolute Gasteiger partial charge is 0.390 e. The zero-order valence-corrected chi connectivity index (χ0v) is 61.5. The highest BCUT2D eigenvalue weighted by atomic mass is 19.4. The second-order valence-electron chi connectivity index (χ2n) is 29.6. The van der Waals surface area contributed by atoms with Crippen LogP contribution < -0.4 is 16.0 Å². The molecule has 2 aromatic rings. The van der Waals surface area contributed by atoms with Crippen molar-refractivity contribution < 1.29 is 97.8 Å². The lowest BCUT2D eigenvalue weighted by atomic mass is 9.74. The summed E-state index contributed by atoms with van der Waals surface area (Å²) in [6, 6.07) is -7.76. The summed E-state index contributed by atoms with van der Waals surface area (Å²) in [5.74, 6) is -15.6. The van der Waals surface area contributed by atoms with Crippen LogP contribution in [0.1, 0.15) is 139 Å². The molecule has 106 heavy (non-hydrogen) atoms. The van der Waals surface area contributed by atoms with Gasteiger partial charge < -0.3 is 65.2 Å². The summed E-state index contributed by atoms with van der Waals surface area (Å²) in [4.78, 5) is 189. The van der Waals surface area contributed by atoms with Gasteiger partial charge in [0.15, 0.2) is 0 Å². The molecule has 0 radical (unpaired) electrons. The number of carbonyl (C=O) groups excluding carboxylic acids is 12. The maximum absolute atomic E-state index is 15.4. The van der Waals surface area contributed by atoms with Crippen LogP contribution in [0.2, 0.25) is 0 Å². The molecule has 3 aliphatic carbocycles. The lowest BCUT2D eigenvalue weighted by molar-refractivity contribution is -0.158. The molecule has 2 aromatic carbocycles. The first-order chi connectivity index (χ1) is 49.7. The minimum Gasteiger partial charge on any atom is -0.390 e. The molecule has 2 saturated heterocycles. The minimum absolute atomic E-state index is 0.0123. The lowest BCUT2D eigenvalue weighted by Crippen LogP contribution is -2.69. The highest BCUT2D eigenvalue weighted by molar-refractivity contribution is 6.01. The molecule has 25 nitrogen and oxygen atoms in total. The molecule has 1 spiro atoms. The molecule has 33 heteroatoms. The number of aliphatic hydroxyl groups excluding tert-OH is 1. The number of benzene rings is 2. The molecule has 3 aliphatic heterocycles. The molecule has 0 aromatic heterocycles. The molecule has 2 bridgehead atoms. The number of nitrogens with zero attached hydrogens (tertiary/aromatic N) is 9. The Morgan fingerprint density at radius 3 is 1.84 bits per heavy atom. The van der Waals surface area contributed by atoms with Crippen molar-refractivity contribution in [2.75, 3.05) is 82.6 Å². The van der Waals surface area contributed by atoms with Crippen molar-refractivity contribution >= 4 is 70.9 Å². The second kappa shape index (κ2) is 34.4. The van der Waals surface area contributed by atoms with E-state index in [1.54, 1.807) is 26.0 Å². The van der Waals surface area contributed by atoms with E-state index in [1.165, 1.54) is 64.0 Å². The molecule has 3 heterocycles. The number of fused-ring (bicyclic) bond motifs is 3. The van der Waals surface area contributed by atoms with Crippen molar-refractivity contribution in [3.8, 4) is 0 Å². The molecule has 4 N–H and O–H groups in total. The Hall–Kier alpha value is -8.78. The van der Waals surface area contributed by atoms with Crippen molar-refractivity contribution in [2.24, 2.45) is 17.8 Å². The third kappa shape index (κ3) is 19.1. The van der Waals surface area contributed by atoms with Gasteiger partial charge in [-0.05, 0) is 124 Å². The van der Waals surface area contributed by atoms with E-state index in [9.17, 15) is 65.0 Å². The van der Waals surface area contributed by atoms with Crippen LogP contribution in [-0.4, -0.2) is 263 Å². The van der Waals surface area contributed by atoms with Gasteiger partial charge in [0.2, 0.25) is 70.9 Å². The number of aliphatic hydroxyl groups is 1. The first kappa shape index (κ1) is 82.9. The van der Waals surface area contributed by atoms with Crippen LogP contribution in [-0.2, 0) is 82.7 Å². The Labute approximate surface area is 611 Å². The van der Waals surface area contributed by atoms with Crippen LogP contribution in [0.15, 0.2) is 48.6 Å². The number of rotatable bonds is 11. The molecule has 10 atom stereocenters. The van der Waals surface area contributed by atoms with Crippen LogP contribution in [0.4, 0.5) is 35.1 Å². The number of amides is 12. The van der Waals surface area contributed by atoms with Crippen LogP contribution >= 0.6 is 0 Å². The quantitative estimate of drug-likeness (QED) is 0.179. The number of likely N-dealkylation sites (N-methyl/N-ethyl adjacent to an activating group) is 7. The average molecular weight is 1500 g/mol. The number of halogens is 8. The predicted molar refractivity (Wildman–Crippen MR) is 367 cm³/mol. The molecule has 12 amide bonds. The van der Waals surface area contributed by atoms with E-state index >= 15 is 32.8 Å². The van der Waals surface area contributed by atoms with Crippen LogP contribution in [0.3, 0.4) is 0 Å². The Morgan fingerprint density at radius 1 is 0.651 bits per heavy atom. The molecule has 8 rings (SSSR count). The molecule has 584 valence electrons. The third-order valence-electron chi connectivity index (χ3n) is 21.9. The van der Waals surface area contributed by atoms with E-state index in [-0.39, 0.29) is 56.6 Å². The fourth-order valence-corrected chi connectivity index (χ4v) is 14.9. The fourth-order valence-electron chi connectivity index (χ4n) is 14.9. The number of nitrogens with one attached hydrogen (secondary N) is 3. The van der Waals surface area contributed by atoms with Gasteiger partial charge in [0.05, 0.1) is 31.2 Å². The summed E-state index contributed by atoms with van der Waals surface area (Å²) in [7, 11) is 10.6. The highest BCUT2D eigenvalue weighted by Gasteiger charge is 2.54. The van der Waals surface area contributed by atoms with E-state index in [1.807, 2.05) is 0 Å². The Balaban J connectivity index is 1.21. The number of aryl methyl sites for hydroxylation is 1. The van der Waals surface area contributed by atoms with E-state index in [0.29, 0.717) is 50.7 Å². The van der Waals surface area contributed by atoms with Crippen molar-refractivity contribution in [2.45, 2.75) is 202 Å². The minimum atomic E-state index is -5.47. The molecular formula is C73H98F8N12O13. The summed E-state index contributed by atoms with van der Waals surface area (Å²) >= 11 is 0. The van der Waals surface area contributed by atoms with Gasteiger partial charge >= 0.3 is 12.4 Å². The summed E-state index contributed by atoms with van der Waals surface area (Å²) < 4.78 is 113. The predicted octanol–water partition coefficient (Wildman–Crippen LogP) is 4.45. The molecule has 6 aliphatic rings. The van der Waals surface area contributed by atoms with Crippen LogP contribution in [0.5, 0.6) is 0 Å². The van der Waals surface area contributed by atoms with Crippen LogP contribution in [0.25, 0.3) is 0 Å². The van der Waals surface area contributed by atoms with E-state index in [0.717, 1.165) is 73.6 Å². The second-order valence-corrected chi connectivity index (χ2v) is 29.6. The SMILES string of the molecule is CC[C@H](C)[C@@H]1NC(=O)[C@H](CC2CC2)N(C)C(=O)C[C@@H](C(=O)N(C)C)N(C)C(=O)[C@H](C2CCCC2)N(C)C(=O)C2(CCC2)NC(=O)[C@@H]2[C@@H](O)CCN2C(=O)[C@H](CCc2cc(F)c(C(F)(F)F)c(F)c2)NC(=O)CN(C)C(=O)[C@H](Cc2ccc(C(F)(F)F)cc2)N2CC/C=C\C[C@H](C2=O)N(C)C(=O)CN(C)C1=O. The van der Waals surface area contributed by atoms with E-state index < -0.39 is 229 Å². The maximum atomic E-state index is 15.4. The Morgan fingerprint density at radius 2 is 1.27 bits per heavy atom. The van der Waals surface area contributed by atoms with Gasteiger partial charge in [-0.1, -0.05) is 70.2 Å². The largest absolute Gasteiger partial charge is 0.422 e. The number of carbonyl (C=O) groups is 12. The van der Waals surface area contributed by atoms with Crippen molar-refractivity contribution in [3.63, 3.8) is 0 Å². The van der Waals surface area contributed by atoms with Gasteiger partial charge in [0, 0.05) is 75.9 Å². The summed E-state index contributed by atoms with van der Waals surface area (Å²) in [6.45, 7) is 1.14. The van der Waals surface area contributed by atoms with Gasteiger partial charge in [0.1, 0.15) is 71.1 Å². The standard InChI is InChI=1S/C73H98F8N12O13/c1-11-41(2)59-68(104)87(6)40-57(97)88(7)50-20-13-12-16-32-92(67(50)103)53(37-43-23-26-46(27-24-43)72(76,77)78)66(102)86(5)39-55(95)82-49(28-25-44-34-47(74)58(48(75)35-44)73(79,80)81)64(100)93-33-29-54(94)61(93)63(99)84-71(30-17-31-71)70(106)91(10)60(45-18-14-15-19-45)69(105)90(9)52(65(101)85(3)4)38-56(96)89(8)51(62(98)83-59)36-42-21-22-42/h12-13,23-24,26-27,34-35,41-42,45,49-54,59-61,94H,11,14-22,25,28-33,36-40H2,1-10H3,(H,82,95)(H,83,98)(H,84,99)/b13-12-/t41-,49-,50+,51-,52-,53-,54-,59-,60-,61-/m0/s1. The first-order valence-electron chi connectivity index (χ1n) is 36.0. The molecular weight excluding hydrogens is 1400 g/mol. The van der Waals surface area contributed by atoms with Gasteiger partial charge in [-0.2, -0.15) is 26.3 Å². The van der Waals surface area contributed by atoms with Crippen molar-refractivity contribution in [1.29, 1.82) is 0 Å². The topological polar surface area (TPSA) is 290 Å². The zero-order valence-electron chi connectivity index (χ0n) is 61.5. The number of hydrogen-bond donors (Lipinski definition) is 4. The maximum Gasteiger partial charge on any atom is 0.422 e. The van der Waals surface area contributed by atoms with Crippen molar-refractivity contribution in [1.82, 2.24) is 60.0 Å². The molecule has 3 saturated carbocycles. The number of alkyl halides is 6. The summed E-state index contributed by atoms with van der Waals surface area (Å²) in [5.41, 5.74) is -5.37. The Bertz CT molecular complexity index is 3640. The normalized spacial score (nSPS) is 27.0. The number of hydrogen-bond acceptors (Lipinski definition) is 13. The average Bonchev–Trinajstić information content (AvgIpc) is 1.78. The first-order valence-corrected chi connectivity index (χ1v) is 36.0. The summed E-state index contributed by atoms with van der Waals surface area (Å²) in [6.07, 6.45) is -7.05. The fraction of sp³-hybridized carbons (Fsp3) is 0.644. The molecule has 0 unspecified atom stereocenters. The summed E-state index contributed by atoms with van der Waals surface area (Å²) in [5, 5.41) is 19.7. The van der Waals surface area contributed by atoms with E-state index in [4.69, 9.17) is 0 Å². The molecule has 5 fully saturated rings. The van der Waals surface area contributed by atoms with Crippen LogP contribution in [0, 0.1) is 29.4 Å². The lowest BCUT2D eigenvalue weighted by Gasteiger charge is -2.47. The van der Waals surface area contributed by atoms with Gasteiger partial charge in [-0.3, -0.25) is 57.5 Å². The monoisotopic (exact) mass is 1500 g/mol. The Kier molecular flexibility index (Phi) is 26.9. The van der Waals surface area contributed by atoms with E-state index in [2.05, 4.69) is 16.0 Å². The van der Waals surface area contributed by atoms with Gasteiger partial charge in [0.25, 0.3) is 0 Å². The third-order valence-corrected chi connectivity index (χ3v) is 21.9. The van der Waals surface area contributed by atoms with Gasteiger partial charge in [-0.25, -0.2) is 8.78 Å². The van der Waals surface area contributed by atoms with Gasteiger partial charge in [-0.15, -0.1) is 0 Å².